The molecule has 1 aliphatic carbocycles. The van der Waals surface area contributed by atoms with Crippen LogP contribution in [0.15, 0.2) is 71.3 Å². The minimum absolute atomic E-state index is 0.0229. The Hall–Kier alpha value is -3.34. The molecule has 1 aliphatic heterocycles. The van der Waals surface area contributed by atoms with Gasteiger partial charge in [-0.1, -0.05) is 48.0 Å². The van der Waals surface area contributed by atoms with Crippen LogP contribution in [0.3, 0.4) is 0 Å². The number of aryl methyl sites for hydroxylation is 1. The van der Waals surface area contributed by atoms with E-state index in [1.807, 2.05) is 60.4 Å². The van der Waals surface area contributed by atoms with E-state index in [1.54, 1.807) is 12.3 Å². The van der Waals surface area contributed by atoms with E-state index in [0.29, 0.717) is 17.9 Å². The van der Waals surface area contributed by atoms with Crippen molar-refractivity contribution in [2.24, 2.45) is 0 Å². The summed E-state index contributed by atoms with van der Waals surface area (Å²) in [7, 11) is 0. The van der Waals surface area contributed by atoms with Gasteiger partial charge in [-0.05, 0) is 49.1 Å². The Morgan fingerprint density at radius 3 is 2.67 bits per heavy atom. The van der Waals surface area contributed by atoms with Crippen molar-refractivity contribution in [1.82, 2.24) is 10.2 Å². The highest BCUT2D eigenvalue weighted by Crippen LogP contribution is 2.47. The summed E-state index contributed by atoms with van der Waals surface area (Å²) in [6.45, 7) is 2.36. The van der Waals surface area contributed by atoms with Gasteiger partial charge in [0, 0.05) is 11.6 Å². The SMILES string of the molecule is Cc1cccc([C@H]2[C@@H](C(=O)NCc3ccco3)c3ccccc3C(=O)N2C2CC2)c1. The molecule has 1 saturated carbocycles. The van der Waals surface area contributed by atoms with Crippen molar-refractivity contribution in [2.45, 2.75) is 44.3 Å². The predicted octanol–water partition coefficient (Wildman–Crippen LogP) is 4.35. The number of hydrogen-bond acceptors (Lipinski definition) is 3. The maximum Gasteiger partial charge on any atom is 0.254 e. The van der Waals surface area contributed by atoms with Crippen LogP contribution in [0.2, 0.25) is 0 Å². The number of fused-ring (bicyclic) bond motifs is 1. The summed E-state index contributed by atoms with van der Waals surface area (Å²) in [5.41, 5.74) is 3.54. The van der Waals surface area contributed by atoms with Crippen molar-refractivity contribution >= 4 is 11.8 Å². The number of nitrogens with zero attached hydrogens (tertiary/aromatic N) is 1. The lowest BCUT2D eigenvalue weighted by Gasteiger charge is -2.42. The normalized spacial score (nSPS) is 20.7. The average molecular weight is 400 g/mol. The lowest BCUT2D eigenvalue weighted by Crippen LogP contribution is -2.48. The molecule has 5 nitrogen and oxygen atoms in total. The summed E-state index contributed by atoms with van der Waals surface area (Å²) in [5, 5.41) is 3.03. The van der Waals surface area contributed by atoms with Gasteiger partial charge in [0.15, 0.2) is 0 Å². The van der Waals surface area contributed by atoms with E-state index in [2.05, 4.69) is 11.4 Å². The first-order valence-corrected chi connectivity index (χ1v) is 10.4. The third-order valence-electron chi connectivity index (χ3n) is 6.00. The van der Waals surface area contributed by atoms with Crippen LogP contribution >= 0.6 is 0 Å². The lowest BCUT2D eigenvalue weighted by atomic mass is 9.78. The fourth-order valence-corrected chi connectivity index (χ4v) is 4.49. The fraction of sp³-hybridized carbons (Fsp3) is 0.280. The molecule has 1 N–H and O–H groups in total. The Morgan fingerprint density at radius 1 is 1.10 bits per heavy atom. The van der Waals surface area contributed by atoms with Gasteiger partial charge in [0.2, 0.25) is 5.91 Å². The molecule has 30 heavy (non-hydrogen) atoms. The lowest BCUT2D eigenvalue weighted by molar-refractivity contribution is -0.124. The molecule has 0 unspecified atom stereocenters. The maximum absolute atomic E-state index is 13.5. The van der Waals surface area contributed by atoms with Gasteiger partial charge in [0.25, 0.3) is 5.91 Å². The number of carbonyl (C=O) groups excluding carboxylic acids is 2. The Morgan fingerprint density at radius 2 is 1.93 bits per heavy atom. The molecule has 2 aromatic carbocycles. The zero-order valence-electron chi connectivity index (χ0n) is 16.9. The molecule has 3 aromatic rings. The Balaban J connectivity index is 1.59. The monoisotopic (exact) mass is 400 g/mol. The zero-order chi connectivity index (χ0) is 20.7. The van der Waals surface area contributed by atoms with E-state index in [-0.39, 0.29) is 23.9 Å². The van der Waals surface area contributed by atoms with Crippen molar-refractivity contribution in [1.29, 1.82) is 0 Å². The van der Waals surface area contributed by atoms with Gasteiger partial charge in [0.05, 0.1) is 24.8 Å². The highest BCUT2D eigenvalue weighted by atomic mass is 16.3. The average Bonchev–Trinajstić information content (AvgIpc) is 3.45. The van der Waals surface area contributed by atoms with Crippen LogP contribution in [0, 0.1) is 6.92 Å². The standard InChI is InChI=1S/C25H24N2O3/c1-16-6-4-7-17(14-16)23-22(24(28)26-15-19-8-5-13-30-19)20-9-2-3-10-21(20)25(29)27(23)18-11-12-18/h2-10,13-14,18,22-23H,11-12,15H2,1H3,(H,26,28)/t22-,23-/m0/s1. The Labute approximate surface area is 175 Å². The quantitative estimate of drug-likeness (QED) is 0.693. The summed E-state index contributed by atoms with van der Waals surface area (Å²) < 4.78 is 5.38. The second kappa shape index (κ2) is 7.48. The van der Waals surface area contributed by atoms with Crippen molar-refractivity contribution in [3.05, 3.63) is 94.9 Å². The van der Waals surface area contributed by atoms with Crippen LogP contribution in [0.5, 0.6) is 0 Å². The highest BCUT2D eigenvalue weighted by Gasteiger charge is 2.48. The molecule has 1 aromatic heterocycles. The van der Waals surface area contributed by atoms with Gasteiger partial charge in [-0.3, -0.25) is 9.59 Å². The molecule has 2 atom stereocenters. The van der Waals surface area contributed by atoms with E-state index in [4.69, 9.17) is 4.42 Å². The molecular weight excluding hydrogens is 376 g/mol. The predicted molar refractivity (Wildman–Crippen MR) is 113 cm³/mol. The summed E-state index contributed by atoms with van der Waals surface area (Å²) in [5.74, 6) is 0.157. The summed E-state index contributed by atoms with van der Waals surface area (Å²) in [6, 6.07) is 19.2. The smallest absolute Gasteiger partial charge is 0.254 e. The van der Waals surface area contributed by atoms with Gasteiger partial charge in [0.1, 0.15) is 5.76 Å². The molecule has 5 heteroatoms. The molecule has 0 bridgehead atoms. The van der Waals surface area contributed by atoms with Crippen LogP contribution in [0.25, 0.3) is 0 Å². The first-order valence-electron chi connectivity index (χ1n) is 10.4. The highest BCUT2D eigenvalue weighted by molar-refractivity contribution is 6.01. The van der Waals surface area contributed by atoms with Gasteiger partial charge in [-0.2, -0.15) is 0 Å². The van der Waals surface area contributed by atoms with Gasteiger partial charge in [-0.25, -0.2) is 0 Å². The molecule has 2 heterocycles. The molecule has 2 amide bonds. The summed E-state index contributed by atoms with van der Waals surface area (Å²) in [4.78, 5) is 28.9. The fourth-order valence-electron chi connectivity index (χ4n) is 4.49. The molecule has 5 rings (SSSR count). The second-order valence-corrected chi connectivity index (χ2v) is 8.16. The Bertz CT molecular complexity index is 1090. The largest absolute Gasteiger partial charge is 0.467 e. The second-order valence-electron chi connectivity index (χ2n) is 8.16. The summed E-state index contributed by atoms with van der Waals surface area (Å²) >= 11 is 0. The van der Waals surface area contributed by atoms with E-state index < -0.39 is 5.92 Å². The molecule has 1 fully saturated rings. The number of nitrogens with one attached hydrogen (secondary N) is 1. The maximum atomic E-state index is 13.5. The zero-order valence-corrected chi connectivity index (χ0v) is 16.9. The number of amides is 2. The van der Waals surface area contributed by atoms with Gasteiger partial charge >= 0.3 is 0 Å². The number of furan rings is 1. The van der Waals surface area contributed by atoms with Crippen LogP contribution < -0.4 is 5.32 Å². The number of hydrogen-bond donors (Lipinski definition) is 1. The summed E-state index contributed by atoms with van der Waals surface area (Å²) in [6.07, 6.45) is 3.56. The van der Waals surface area contributed by atoms with E-state index in [9.17, 15) is 9.59 Å². The molecule has 152 valence electrons. The molecule has 2 aliphatic rings. The van der Waals surface area contributed by atoms with Crippen LogP contribution in [-0.4, -0.2) is 22.8 Å². The minimum Gasteiger partial charge on any atom is -0.467 e. The van der Waals surface area contributed by atoms with Crippen LogP contribution in [0.1, 0.15) is 57.6 Å². The Kier molecular flexibility index (Phi) is 4.66. The number of carbonyl (C=O) groups is 2. The van der Waals surface area contributed by atoms with Crippen molar-refractivity contribution < 1.29 is 14.0 Å². The first kappa shape index (κ1) is 18.7. The van der Waals surface area contributed by atoms with E-state index in [0.717, 1.165) is 29.5 Å². The molecule has 0 spiro atoms. The minimum atomic E-state index is -0.476. The third kappa shape index (κ3) is 3.30. The van der Waals surface area contributed by atoms with Crippen molar-refractivity contribution in [2.75, 3.05) is 0 Å². The van der Waals surface area contributed by atoms with Crippen molar-refractivity contribution in [3.8, 4) is 0 Å². The third-order valence-corrected chi connectivity index (χ3v) is 6.00. The van der Waals surface area contributed by atoms with Gasteiger partial charge in [-0.15, -0.1) is 0 Å². The molecule has 0 radical (unpaired) electrons. The topological polar surface area (TPSA) is 62.6 Å². The van der Waals surface area contributed by atoms with E-state index >= 15 is 0 Å². The van der Waals surface area contributed by atoms with Crippen molar-refractivity contribution in [3.63, 3.8) is 0 Å². The molecular formula is C25H24N2O3. The van der Waals surface area contributed by atoms with Crippen LogP contribution in [0.4, 0.5) is 0 Å². The van der Waals surface area contributed by atoms with Gasteiger partial charge < -0.3 is 14.6 Å². The number of rotatable bonds is 5. The van der Waals surface area contributed by atoms with Crippen LogP contribution in [-0.2, 0) is 11.3 Å². The number of benzene rings is 2. The molecule has 0 saturated heterocycles. The van der Waals surface area contributed by atoms with E-state index in [1.165, 1.54) is 0 Å². The first-order chi connectivity index (χ1) is 14.6.